The zero-order chi connectivity index (χ0) is 10.3. The summed E-state index contributed by atoms with van der Waals surface area (Å²) >= 11 is 0. The lowest BCUT2D eigenvalue weighted by Gasteiger charge is -2.11. The Kier molecular flexibility index (Phi) is 2.10. The standard InChI is InChI=1S/C10H18N4/c1-7(2)14-8(3)9(12-13-14)10(6-11)4-5-10/h7H,4-6,11H2,1-3H3. The van der Waals surface area contributed by atoms with Crippen LogP contribution in [0.25, 0.3) is 0 Å². The van der Waals surface area contributed by atoms with Crippen LogP contribution < -0.4 is 5.73 Å². The van der Waals surface area contributed by atoms with Crippen LogP contribution in [0.4, 0.5) is 0 Å². The minimum Gasteiger partial charge on any atom is -0.330 e. The van der Waals surface area contributed by atoms with Gasteiger partial charge in [-0.2, -0.15) is 0 Å². The highest BCUT2D eigenvalue weighted by molar-refractivity contribution is 5.28. The first-order chi connectivity index (χ1) is 6.60. The Labute approximate surface area is 84.5 Å². The van der Waals surface area contributed by atoms with Crippen LogP contribution in [0.15, 0.2) is 0 Å². The fraction of sp³-hybridized carbons (Fsp3) is 0.800. The van der Waals surface area contributed by atoms with Gasteiger partial charge < -0.3 is 5.73 Å². The van der Waals surface area contributed by atoms with Gasteiger partial charge in [-0.05, 0) is 33.6 Å². The van der Waals surface area contributed by atoms with E-state index in [4.69, 9.17) is 5.73 Å². The lowest BCUT2D eigenvalue weighted by atomic mass is 10.0. The second kappa shape index (κ2) is 3.05. The lowest BCUT2D eigenvalue weighted by molar-refractivity contribution is 0.502. The van der Waals surface area contributed by atoms with Crippen LogP contribution in [0.3, 0.4) is 0 Å². The number of rotatable bonds is 3. The van der Waals surface area contributed by atoms with E-state index in [-0.39, 0.29) is 5.41 Å². The molecule has 0 amide bonds. The monoisotopic (exact) mass is 194 g/mol. The molecule has 0 aromatic carbocycles. The summed E-state index contributed by atoms with van der Waals surface area (Å²) in [7, 11) is 0. The summed E-state index contributed by atoms with van der Waals surface area (Å²) in [5.74, 6) is 0. The average molecular weight is 194 g/mol. The normalized spacial score (nSPS) is 18.9. The topological polar surface area (TPSA) is 56.7 Å². The molecule has 0 spiro atoms. The van der Waals surface area contributed by atoms with Gasteiger partial charge in [-0.1, -0.05) is 5.21 Å². The van der Waals surface area contributed by atoms with Gasteiger partial charge in [0, 0.05) is 18.0 Å². The Morgan fingerprint density at radius 1 is 1.50 bits per heavy atom. The van der Waals surface area contributed by atoms with Crippen molar-refractivity contribution < 1.29 is 0 Å². The summed E-state index contributed by atoms with van der Waals surface area (Å²) in [4.78, 5) is 0. The number of hydrogen-bond donors (Lipinski definition) is 1. The van der Waals surface area contributed by atoms with Crippen LogP contribution >= 0.6 is 0 Å². The molecule has 1 heterocycles. The molecule has 78 valence electrons. The van der Waals surface area contributed by atoms with Crippen LogP contribution in [0.1, 0.15) is 44.1 Å². The van der Waals surface area contributed by atoms with E-state index in [0.29, 0.717) is 12.6 Å². The average Bonchev–Trinajstić information content (AvgIpc) is 2.84. The van der Waals surface area contributed by atoms with Crippen LogP contribution in [0, 0.1) is 6.92 Å². The van der Waals surface area contributed by atoms with Crippen molar-refractivity contribution in [2.75, 3.05) is 6.54 Å². The summed E-state index contributed by atoms with van der Waals surface area (Å²) in [6, 6.07) is 0.379. The van der Waals surface area contributed by atoms with E-state index in [1.807, 2.05) is 4.68 Å². The van der Waals surface area contributed by atoms with E-state index in [9.17, 15) is 0 Å². The molecule has 1 aliphatic rings. The highest BCUT2D eigenvalue weighted by atomic mass is 15.4. The Morgan fingerprint density at radius 3 is 2.50 bits per heavy atom. The zero-order valence-corrected chi connectivity index (χ0v) is 9.12. The first-order valence-electron chi connectivity index (χ1n) is 5.23. The van der Waals surface area contributed by atoms with Crippen molar-refractivity contribution in [3.63, 3.8) is 0 Å². The molecule has 2 rings (SSSR count). The summed E-state index contributed by atoms with van der Waals surface area (Å²) < 4.78 is 1.98. The number of aromatic nitrogens is 3. The number of hydrogen-bond acceptors (Lipinski definition) is 3. The summed E-state index contributed by atoms with van der Waals surface area (Å²) in [6.07, 6.45) is 2.34. The van der Waals surface area contributed by atoms with Crippen molar-refractivity contribution in [2.24, 2.45) is 5.73 Å². The highest BCUT2D eigenvalue weighted by Crippen LogP contribution is 2.47. The smallest absolute Gasteiger partial charge is 0.0930 e. The molecule has 0 atom stereocenters. The van der Waals surface area contributed by atoms with Gasteiger partial charge in [0.25, 0.3) is 0 Å². The van der Waals surface area contributed by atoms with E-state index in [2.05, 4.69) is 31.1 Å². The van der Waals surface area contributed by atoms with Gasteiger partial charge in [-0.3, -0.25) is 0 Å². The molecular weight excluding hydrogens is 176 g/mol. The molecule has 4 nitrogen and oxygen atoms in total. The largest absolute Gasteiger partial charge is 0.330 e. The molecule has 4 heteroatoms. The molecule has 0 aliphatic heterocycles. The van der Waals surface area contributed by atoms with Crippen LogP contribution in [0.2, 0.25) is 0 Å². The Morgan fingerprint density at radius 2 is 2.14 bits per heavy atom. The Hall–Kier alpha value is -0.900. The van der Waals surface area contributed by atoms with E-state index in [1.54, 1.807) is 0 Å². The number of nitrogens with two attached hydrogens (primary N) is 1. The lowest BCUT2D eigenvalue weighted by Crippen LogP contribution is -2.21. The van der Waals surface area contributed by atoms with Crippen molar-refractivity contribution in [3.8, 4) is 0 Å². The van der Waals surface area contributed by atoms with Crippen molar-refractivity contribution in [2.45, 2.75) is 45.1 Å². The van der Waals surface area contributed by atoms with Gasteiger partial charge >= 0.3 is 0 Å². The van der Waals surface area contributed by atoms with E-state index >= 15 is 0 Å². The van der Waals surface area contributed by atoms with Gasteiger partial charge in [0.05, 0.1) is 11.4 Å². The maximum absolute atomic E-state index is 5.78. The third-order valence-corrected chi connectivity index (χ3v) is 3.16. The van der Waals surface area contributed by atoms with E-state index < -0.39 is 0 Å². The maximum Gasteiger partial charge on any atom is 0.0930 e. The zero-order valence-electron chi connectivity index (χ0n) is 9.12. The quantitative estimate of drug-likeness (QED) is 0.785. The van der Waals surface area contributed by atoms with Gasteiger partial charge in [-0.15, -0.1) is 5.10 Å². The van der Waals surface area contributed by atoms with E-state index in [1.165, 1.54) is 18.5 Å². The van der Waals surface area contributed by atoms with Gasteiger partial charge in [0.2, 0.25) is 0 Å². The number of nitrogens with zero attached hydrogens (tertiary/aromatic N) is 3. The molecule has 14 heavy (non-hydrogen) atoms. The molecular formula is C10H18N4. The SMILES string of the molecule is Cc1c(C2(CN)CC2)nnn1C(C)C. The first kappa shape index (κ1) is 9.65. The molecule has 1 saturated carbocycles. The fourth-order valence-corrected chi connectivity index (χ4v) is 2.01. The van der Waals surface area contributed by atoms with Crippen LogP contribution in [-0.4, -0.2) is 21.5 Å². The maximum atomic E-state index is 5.78. The van der Waals surface area contributed by atoms with Crippen molar-refractivity contribution in [1.82, 2.24) is 15.0 Å². The third-order valence-electron chi connectivity index (χ3n) is 3.16. The van der Waals surface area contributed by atoms with Crippen molar-refractivity contribution >= 4 is 0 Å². The van der Waals surface area contributed by atoms with Gasteiger partial charge in [0.1, 0.15) is 0 Å². The molecule has 1 aromatic rings. The van der Waals surface area contributed by atoms with Crippen molar-refractivity contribution in [3.05, 3.63) is 11.4 Å². The minimum atomic E-state index is 0.164. The molecule has 0 bridgehead atoms. The third kappa shape index (κ3) is 1.25. The Bertz CT molecular complexity index is 336. The van der Waals surface area contributed by atoms with Crippen LogP contribution in [-0.2, 0) is 5.41 Å². The summed E-state index contributed by atoms with van der Waals surface area (Å²) in [6.45, 7) is 7.02. The van der Waals surface area contributed by atoms with Crippen molar-refractivity contribution in [1.29, 1.82) is 0 Å². The predicted molar refractivity (Wildman–Crippen MR) is 55.1 cm³/mol. The molecule has 0 saturated heterocycles. The second-order valence-electron chi connectivity index (χ2n) is 4.55. The molecule has 1 aliphatic carbocycles. The van der Waals surface area contributed by atoms with Gasteiger partial charge in [0.15, 0.2) is 0 Å². The van der Waals surface area contributed by atoms with Gasteiger partial charge in [-0.25, -0.2) is 4.68 Å². The van der Waals surface area contributed by atoms with Crippen LogP contribution in [0.5, 0.6) is 0 Å². The first-order valence-corrected chi connectivity index (χ1v) is 5.23. The highest BCUT2D eigenvalue weighted by Gasteiger charge is 2.46. The molecule has 1 aromatic heterocycles. The molecule has 0 unspecified atom stereocenters. The molecule has 0 radical (unpaired) electrons. The van der Waals surface area contributed by atoms with E-state index in [0.717, 1.165) is 5.69 Å². The minimum absolute atomic E-state index is 0.164. The Balaban J connectivity index is 2.36. The summed E-state index contributed by atoms with van der Waals surface area (Å²) in [5, 5.41) is 8.46. The predicted octanol–water partition coefficient (Wildman–Crippen LogP) is 1.16. The fourth-order valence-electron chi connectivity index (χ4n) is 2.01. The summed E-state index contributed by atoms with van der Waals surface area (Å²) in [5.41, 5.74) is 8.24. The molecule has 1 fully saturated rings. The molecule has 2 N–H and O–H groups in total. The second-order valence-corrected chi connectivity index (χ2v) is 4.55.